The molecule has 2 N–H and O–H groups in total. The summed E-state index contributed by atoms with van der Waals surface area (Å²) in [5.74, 6) is -2.29. The Kier molecular flexibility index (Phi) is 8.23. The zero-order chi connectivity index (χ0) is 30.0. The van der Waals surface area contributed by atoms with Gasteiger partial charge in [-0.2, -0.15) is 18.3 Å². The van der Waals surface area contributed by atoms with Crippen LogP contribution in [-0.2, 0) is 30.5 Å². The fourth-order valence-electron chi connectivity index (χ4n) is 4.70. The Morgan fingerprint density at radius 1 is 1.07 bits per heavy atom. The maximum atomic E-state index is 13.8. The quantitative estimate of drug-likeness (QED) is 0.236. The van der Waals surface area contributed by atoms with E-state index in [0.29, 0.717) is 34.4 Å². The maximum absolute atomic E-state index is 13.8. The van der Waals surface area contributed by atoms with Crippen LogP contribution in [0.15, 0.2) is 60.8 Å². The number of carbonyl (C=O) groups is 2. The van der Waals surface area contributed by atoms with Crippen LogP contribution in [-0.4, -0.2) is 53.5 Å². The van der Waals surface area contributed by atoms with Crippen LogP contribution in [0.1, 0.15) is 38.3 Å². The molecule has 0 amide bonds. The molecular formula is C29H25F3N4O5S. The number of nitrogens with zero attached hydrogens (tertiary/aromatic N) is 4. The highest BCUT2D eigenvalue weighted by molar-refractivity contribution is 7.97. The van der Waals surface area contributed by atoms with Crippen molar-refractivity contribution in [3.63, 3.8) is 0 Å². The zero-order valence-electron chi connectivity index (χ0n) is 22.3. The second-order valence-corrected chi connectivity index (χ2v) is 10.7. The number of alkyl halides is 3. The summed E-state index contributed by atoms with van der Waals surface area (Å²) >= 11 is 1.30. The Labute approximate surface area is 242 Å². The summed E-state index contributed by atoms with van der Waals surface area (Å²) in [7, 11) is 0. The lowest BCUT2D eigenvalue weighted by molar-refractivity contribution is -0.143. The highest BCUT2D eigenvalue weighted by Crippen LogP contribution is 2.35. The third-order valence-electron chi connectivity index (χ3n) is 6.64. The van der Waals surface area contributed by atoms with Crippen molar-refractivity contribution in [3.8, 4) is 22.8 Å². The number of hydrogen-bond donors (Lipinski definition) is 2. The molecular weight excluding hydrogens is 573 g/mol. The Bertz CT molecular complexity index is 1660. The average molecular weight is 599 g/mol. The first-order chi connectivity index (χ1) is 20.0. The Balaban J connectivity index is 1.38. The van der Waals surface area contributed by atoms with Crippen LogP contribution in [0.25, 0.3) is 17.1 Å². The van der Waals surface area contributed by atoms with Crippen LogP contribution in [0.5, 0.6) is 5.75 Å². The van der Waals surface area contributed by atoms with Crippen LogP contribution < -0.4 is 4.74 Å². The fraction of sp³-hybridized carbons (Fsp3) is 0.241. The summed E-state index contributed by atoms with van der Waals surface area (Å²) < 4.78 is 50.0. The second kappa shape index (κ2) is 11.9. The van der Waals surface area contributed by atoms with Gasteiger partial charge < -0.3 is 14.9 Å². The lowest BCUT2D eigenvalue weighted by atomic mass is 9.98. The van der Waals surface area contributed by atoms with Crippen molar-refractivity contribution < 1.29 is 37.7 Å². The molecule has 0 spiro atoms. The first-order valence-corrected chi connectivity index (χ1v) is 13.7. The molecule has 0 aliphatic carbocycles. The van der Waals surface area contributed by atoms with Gasteiger partial charge in [-0.15, -0.1) is 0 Å². The van der Waals surface area contributed by atoms with Gasteiger partial charge in [-0.3, -0.25) is 4.79 Å². The van der Waals surface area contributed by atoms with Gasteiger partial charge in [-0.1, -0.05) is 47.8 Å². The largest absolute Gasteiger partial charge is 0.488 e. The van der Waals surface area contributed by atoms with E-state index in [-0.39, 0.29) is 18.2 Å². The number of halogens is 3. The molecule has 1 aliphatic heterocycles. The topological polar surface area (TPSA) is 118 Å². The third-order valence-corrected chi connectivity index (χ3v) is 7.70. The summed E-state index contributed by atoms with van der Waals surface area (Å²) in [5, 5.41) is 21.9. The van der Waals surface area contributed by atoms with Gasteiger partial charge in [0.05, 0.1) is 11.9 Å². The number of ether oxygens (including phenoxy) is 1. The molecule has 0 radical (unpaired) electrons. The molecule has 0 unspecified atom stereocenters. The smallest absolute Gasteiger partial charge is 0.434 e. The van der Waals surface area contributed by atoms with Crippen LogP contribution in [0.4, 0.5) is 13.2 Å². The first-order valence-electron chi connectivity index (χ1n) is 12.8. The van der Waals surface area contributed by atoms with E-state index in [1.165, 1.54) is 29.6 Å². The van der Waals surface area contributed by atoms with Crippen molar-refractivity contribution in [2.75, 3.05) is 12.3 Å². The van der Waals surface area contributed by atoms with Crippen LogP contribution in [0.2, 0.25) is 0 Å². The predicted octanol–water partition coefficient (Wildman–Crippen LogP) is 5.63. The van der Waals surface area contributed by atoms with Crippen LogP contribution in [0.3, 0.4) is 0 Å². The minimum Gasteiger partial charge on any atom is -0.488 e. The monoisotopic (exact) mass is 598 g/mol. The van der Waals surface area contributed by atoms with E-state index in [2.05, 4.69) is 16.1 Å². The Morgan fingerprint density at radius 3 is 2.62 bits per heavy atom. The number of aryl methyl sites for hydroxylation is 1. The van der Waals surface area contributed by atoms with Gasteiger partial charge in [0, 0.05) is 18.7 Å². The number of aromatic nitrogens is 3. The van der Waals surface area contributed by atoms with Crippen molar-refractivity contribution in [1.29, 1.82) is 0 Å². The van der Waals surface area contributed by atoms with E-state index in [0.717, 1.165) is 29.7 Å². The van der Waals surface area contributed by atoms with E-state index >= 15 is 0 Å². The molecule has 4 aromatic rings. The molecule has 0 bridgehead atoms. The van der Waals surface area contributed by atoms with E-state index < -0.39 is 29.4 Å². The molecule has 3 heterocycles. The molecule has 218 valence electrons. The number of carboxylic acids is 2. The fourth-order valence-corrected chi connectivity index (χ4v) is 5.44. The van der Waals surface area contributed by atoms with Crippen molar-refractivity contribution >= 4 is 23.9 Å². The average Bonchev–Trinajstić information content (AvgIpc) is 3.42. The molecule has 9 nitrogen and oxygen atoms in total. The molecule has 0 saturated heterocycles. The van der Waals surface area contributed by atoms with Gasteiger partial charge in [-0.05, 0) is 54.3 Å². The number of rotatable bonds is 9. The molecule has 42 heavy (non-hydrogen) atoms. The van der Waals surface area contributed by atoms with Crippen molar-refractivity contribution in [2.45, 2.75) is 32.7 Å². The zero-order valence-corrected chi connectivity index (χ0v) is 23.1. The summed E-state index contributed by atoms with van der Waals surface area (Å²) in [6.45, 7) is 3.49. The van der Waals surface area contributed by atoms with Gasteiger partial charge in [0.25, 0.3) is 0 Å². The van der Waals surface area contributed by atoms with E-state index in [1.54, 1.807) is 12.1 Å². The molecule has 0 fully saturated rings. The van der Waals surface area contributed by atoms with Gasteiger partial charge in [0.1, 0.15) is 23.7 Å². The maximum Gasteiger partial charge on any atom is 0.434 e. The van der Waals surface area contributed by atoms with Crippen molar-refractivity contribution in [2.24, 2.45) is 0 Å². The second-order valence-electron chi connectivity index (χ2n) is 9.67. The lowest BCUT2D eigenvalue weighted by Gasteiger charge is -2.27. The number of benzene rings is 2. The third kappa shape index (κ3) is 6.42. The summed E-state index contributed by atoms with van der Waals surface area (Å²) in [6.07, 6.45) is -3.53. The predicted molar refractivity (Wildman–Crippen MR) is 148 cm³/mol. The van der Waals surface area contributed by atoms with Crippen molar-refractivity contribution in [1.82, 2.24) is 19.1 Å². The highest BCUT2D eigenvalue weighted by atomic mass is 32.2. The number of aliphatic carboxylic acids is 1. The van der Waals surface area contributed by atoms with Crippen molar-refractivity contribution in [3.05, 3.63) is 94.3 Å². The van der Waals surface area contributed by atoms with Crippen LogP contribution >= 0.6 is 11.9 Å². The first kappa shape index (κ1) is 29.1. The van der Waals surface area contributed by atoms with E-state index in [9.17, 15) is 27.9 Å². The number of pyridine rings is 1. The molecule has 2 aromatic carbocycles. The van der Waals surface area contributed by atoms with E-state index in [1.807, 2.05) is 35.5 Å². The SMILES string of the molecule is Cc1ccc(OCc2ccc3c(c2)CCN(SCC(=O)O)C3)c(-c2cccc(-n3ncc(C(=O)O)c3C(F)(F)F)n2)c1. The normalized spacial score (nSPS) is 13.5. The minimum absolute atomic E-state index is 0.0205. The standard InChI is InChI=1S/C29H25F3N4O5S/c1-17-5-8-24(41-15-18-6-7-20-14-35(42-16-26(37)38)10-9-19(20)12-18)21(11-17)23-3-2-4-25(34-23)36-27(29(30,31)32)22(13-33-36)28(39)40/h2-8,11-13H,9-10,14-16H2,1H3,(H,37,38)(H,39,40). The Morgan fingerprint density at radius 2 is 1.88 bits per heavy atom. The number of aromatic carboxylic acids is 1. The molecule has 0 atom stereocenters. The molecule has 1 aliphatic rings. The van der Waals surface area contributed by atoms with Gasteiger partial charge >= 0.3 is 18.1 Å². The van der Waals surface area contributed by atoms with Gasteiger partial charge in [0.2, 0.25) is 0 Å². The van der Waals surface area contributed by atoms with Gasteiger partial charge in [-0.25, -0.2) is 18.8 Å². The summed E-state index contributed by atoms with van der Waals surface area (Å²) in [6, 6.07) is 15.9. The minimum atomic E-state index is -4.97. The number of carboxylic acid groups (broad SMARTS) is 2. The number of fused-ring (bicyclic) bond motifs is 1. The number of hydrogen-bond acceptors (Lipinski definition) is 7. The summed E-state index contributed by atoms with van der Waals surface area (Å²) in [4.78, 5) is 26.7. The highest BCUT2D eigenvalue weighted by Gasteiger charge is 2.41. The molecule has 13 heteroatoms. The van der Waals surface area contributed by atoms with E-state index in [4.69, 9.17) is 9.84 Å². The van der Waals surface area contributed by atoms with Gasteiger partial charge in [0.15, 0.2) is 11.5 Å². The molecule has 0 saturated carbocycles. The molecule has 5 rings (SSSR count). The van der Waals surface area contributed by atoms with Crippen LogP contribution in [0, 0.1) is 6.92 Å². The lowest BCUT2D eigenvalue weighted by Crippen LogP contribution is -2.26. The Hall–Kier alpha value is -4.36. The summed E-state index contributed by atoms with van der Waals surface area (Å²) in [5.41, 5.74) is 2.61. The molecule has 2 aromatic heterocycles.